The summed E-state index contributed by atoms with van der Waals surface area (Å²) in [4.78, 5) is 53.2. The molecular weight excluding hydrogens is 408 g/mol. The summed E-state index contributed by atoms with van der Waals surface area (Å²) in [5.74, 6) is 0.275. The zero-order valence-corrected chi connectivity index (χ0v) is 18.9. The molecule has 1 atom stereocenters. The van der Waals surface area contributed by atoms with Crippen LogP contribution in [0.25, 0.3) is 0 Å². The van der Waals surface area contributed by atoms with Gasteiger partial charge < -0.3 is 15.1 Å². The Morgan fingerprint density at radius 1 is 1.09 bits per heavy atom. The van der Waals surface area contributed by atoms with Gasteiger partial charge in [-0.25, -0.2) is 4.79 Å². The van der Waals surface area contributed by atoms with Crippen molar-refractivity contribution >= 4 is 29.4 Å². The first kappa shape index (κ1) is 22.3. The molecule has 8 heteroatoms. The number of anilines is 1. The second kappa shape index (κ2) is 8.92. The van der Waals surface area contributed by atoms with Crippen LogP contribution in [0.4, 0.5) is 10.5 Å². The molecule has 2 N–H and O–H groups in total. The maximum atomic E-state index is 13.0. The van der Waals surface area contributed by atoms with E-state index in [1.807, 2.05) is 17.0 Å². The molecule has 3 saturated heterocycles. The standard InChI is InChI=1S/C24H32N4O4/c1-16(2)9-12-24(22(31)25-23(32)26-24)18-10-14-27(15-11-18)21(30)17-5-7-19(8-6-17)28-13-3-4-20(28)29/h5-8,16,18H,3-4,9-15H2,1-2H3,(H2,25,26,31,32). The van der Waals surface area contributed by atoms with Gasteiger partial charge in [0.1, 0.15) is 5.54 Å². The molecule has 8 nitrogen and oxygen atoms in total. The topological polar surface area (TPSA) is 98.8 Å². The molecule has 3 aliphatic rings. The molecule has 0 bridgehead atoms. The lowest BCUT2D eigenvalue weighted by Crippen LogP contribution is -2.56. The van der Waals surface area contributed by atoms with Gasteiger partial charge in [-0.1, -0.05) is 13.8 Å². The minimum Gasteiger partial charge on any atom is -0.339 e. The van der Waals surface area contributed by atoms with E-state index in [-0.39, 0.29) is 23.6 Å². The lowest BCUT2D eigenvalue weighted by Gasteiger charge is -2.41. The number of amides is 5. The predicted molar refractivity (Wildman–Crippen MR) is 120 cm³/mol. The highest BCUT2D eigenvalue weighted by atomic mass is 16.2. The van der Waals surface area contributed by atoms with Crippen molar-refractivity contribution < 1.29 is 19.2 Å². The third-order valence-electron chi connectivity index (χ3n) is 7.06. The van der Waals surface area contributed by atoms with Crippen LogP contribution in [0.3, 0.4) is 0 Å². The number of imide groups is 1. The Labute approximate surface area is 188 Å². The number of urea groups is 1. The summed E-state index contributed by atoms with van der Waals surface area (Å²) in [6.07, 6.45) is 4.23. The number of benzene rings is 1. The van der Waals surface area contributed by atoms with Crippen LogP contribution in [0.1, 0.15) is 62.7 Å². The molecule has 0 aliphatic carbocycles. The quantitative estimate of drug-likeness (QED) is 0.665. The van der Waals surface area contributed by atoms with Crippen LogP contribution >= 0.6 is 0 Å². The van der Waals surface area contributed by atoms with Crippen LogP contribution in [-0.4, -0.2) is 53.8 Å². The van der Waals surface area contributed by atoms with Crippen molar-refractivity contribution in [2.45, 2.75) is 57.9 Å². The first-order chi connectivity index (χ1) is 15.3. The van der Waals surface area contributed by atoms with Crippen LogP contribution in [0.15, 0.2) is 24.3 Å². The van der Waals surface area contributed by atoms with Crippen LogP contribution < -0.4 is 15.5 Å². The van der Waals surface area contributed by atoms with Gasteiger partial charge in [-0.15, -0.1) is 0 Å². The van der Waals surface area contributed by atoms with Crippen molar-refractivity contribution in [3.05, 3.63) is 29.8 Å². The molecule has 4 rings (SSSR count). The van der Waals surface area contributed by atoms with Crippen molar-refractivity contribution in [1.29, 1.82) is 0 Å². The molecule has 1 aromatic rings. The number of nitrogens with zero attached hydrogens (tertiary/aromatic N) is 2. The second-order valence-corrected chi connectivity index (χ2v) is 9.57. The lowest BCUT2D eigenvalue weighted by molar-refractivity contribution is -0.127. The molecular formula is C24H32N4O4. The summed E-state index contributed by atoms with van der Waals surface area (Å²) in [7, 11) is 0. The summed E-state index contributed by atoms with van der Waals surface area (Å²) in [5, 5.41) is 5.34. The molecule has 172 valence electrons. The van der Waals surface area contributed by atoms with E-state index in [9.17, 15) is 19.2 Å². The van der Waals surface area contributed by atoms with Crippen molar-refractivity contribution in [2.24, 2.45) is 11.8 Å². The van der Waals surface area contributed by atoms with E-state index in [4.69, 9.17) is 0 Å². The Balaban J connectivity index is 1.40. The maximum Gasteiger partial charge on any atom is 0.322 e. The SMILES string of the molecule is CC(C)CCC1(C2CCN(C(=O)c3ccc(N4CCCC4=O)cc3)CC2)NC(=O)NC1=O. The van der Waals surface area contributed by atoms with E-state index in [0.717, 1.165) is 25.1 Å². The Morgan fingerprint density at radius 2 is 1.78 bits per heavy atom. The van der Waals surface area contributed by atoms with Crippen molar-refractivity contribution in [2.75, 3.05) is 24.5 Å². The van der Waals surface area contributed by atoms with Crippen molar-refractivity contribution in [3.63, 3.8) is 0 Å². The summed E-state index contributed by atoms with van der Waals surface area (Å²) in [5.41, 5.74) is 0.554. The summed E-state index contributed by atoms with van der Waals surface area (Å²) in [6.45, 7) is 6.02. The molecule has 3 heterocycles. The van der Waals surface area contributed by atoms with E-state index < -0.39 is 11.6 Å². The first-order valence-electron chi connectivity index (χ1n) is 11.6. The highest BCUT2D eigenvalue weighted by molar-refractivity contribution is 6.07. The monoisotopic (exact) mass is 440 g/mol. The maximum absolute atomic E-state index is 13.0. The zero-order chi connectivity index (χ0) is 22.9. The number of hydrogen-bond donors (Lipinski definition) is 2. The number of piperidine rings is 1. The molecule has 32 heavy (non-hydrogen) atoms. The number of nitrogens with one attached hydrogen (secondary N) is 2. The fraction of sp³-hybridized carbons (Fsp3) is 0.583. The van der Waals surface area contributed by atoms with Gasteiger partial charge in [0, 0.05) is 37.3 Å². The predicted octanol–water partition coefficient (Wildman–Crippen LogP) is 2.68. The van der Waals surface area contributed by atoms with Gasteiger partial charge in [-0.2, -0.15) is 0 Å². The van der Waals surface area contributed by atoms with Gasteiger partial charge in [-0.3, -0.25) is 19.7 Å². The number of hydrogen-bond acceptors (Lipinski definition) is 4. The Hall–Kier alpha value is -2.90. The van der Waals surface area contributed by atoms with E-state index >= 15 is 0 Å². The van der Waals surface area contributed by atoms with Gasteiger partial charge >= 0.3 is 6.03 Å². The summed E-state index contributed by atoms with van der Waals surface area (Å²) in [6, 6.07) is 6.81. The number of rotatable bonds is 6. The number of carbonyl (C=O) groups excluding carboxylic acids is 4. The molecule has 1 unspecified atom stereocenters. The molecule has 3 aliphatic heterocycles. The average molecular weight is 441 g/mol. The van der Waals surface area contributed by atoms with Gasteiger partial charge in [-0.05, 0) is 68.2 Å². The van der Waals surface area contributed by atoms with Crippen molar-refractivity contribution in [1.82, 2.24) is 15.5 Å². The van der Waals surface area contributed by atoms with Crippen LogP contribution in [0.5, 0.6) is 0 Å². The van der Waals surface area contributed by atoms with Crippen LogP contribution in [0, 0.1) is 11.8 Å². The highest BCUT2D eigenvalue weighted by Crippen LogP contribution is 2.36. The van der Waals surface area contributed by atoms with Gasteiger partial charge in [0.2, 0.25) is 5.91 Å². The summed E-state index contributed by atoms with van der Waals surface area (Å²) >= 11 is 0. The molecule has 1 aromatic carbocycles. The van der Waals surface area contributed by atoms with E-state index in [1.54, 1.807) is 17.0 Å². The third kappa shape index (κ3) is 4.23. The average Bonchev–Trinajstić information content (AvgIpc) is 3.34. The second-order valence-electron chi connectivity index (χ2n) is 9.57. The Morgan fingerprint density at radius 3 is 2.31 bits per heavy atom. The lowest BCUT2D eigenvalue weighted by atomic mass is 9.74. The molecule has 0 spiro atoms. The van der Waals surface area contributed by atoms with Gasteiger partial charge in [0.15, 0.2) is 0 Å². The number of carbonyl (C=O) groups is 4. The normalized spacial score (nSPS) is 24.3. The third-order valence-corrected chi connectivity index (χ3v) is 7.06. The highest BCUT2D eigenvalue weighted by Gasteiger charge is 2.52. The Kier molecular flexibility index (Phi) is 6.22. The fourth-order valence-electron chi connectivity index (χ4n) is 5.15. The van der Waals surface area contributed by atoms with Crippen molar-refractivity contribution in [3.8, 4) is 0 Å². The van der Waals surface area contributed by atoms with E-state index in [1.165, 1.54) is 0 Å². The minimum absolute atomic E-state index is 0.000282. The van der Waals surface area contributed by atoms with E-state index in [0.29, 0.717) is 50.3 Å². The summed E-state index contributed by atoms with van der Waals surface area (Å²) < 4.78 is 0. The molecule has 3 fully saturated rings. The first-order valence-corrected chi connectivity index (χ1v) is 11.6. The van der Waals surface area contributed by atoms with Gasteiger partial charge in [0.05, 0.1) is 0 Å². The molecule has 5 amide bonds. The largest absolute Gasteiger partial charge is 0.339 e. The Bertz CT molecular complexity index is 905. The van der Waals surface area contributed by atoms with Crippen LogP contribution in [0.2, 0.25) is 0 Å². The van der Waals surface area contributed by atoms with Gasteiger partial charge in [0.25, 0.3) is 11.8 Å². The number of likely N-dealkylation sites (tertiary alicyclic amines) is 1. The molecule has 0 radical (unpaired) electrons. The fourth-order valence-corrected chi connectivity index (χ4v) is 5.15. The minimum atomic E-state index is -0.875. The zero-order valence-electron chi connectivity index (χ0n) is 18.9. The van der Waals surface area contributed by atoms with E-state index in [2.05, 4.69) is 24.5 Å². The van der Waals surface area contributed by atoms with Crippen LogP contribution in [-0.2, 0) is 9.59 Å². The smallest absolute Gasteiger partial charge is 0.322 e. The molecule has 0 saturated carbocycles. The molecule has 0 aromatic heterocycles.